The van der Waals surface area contributed by atoms with Gasteiger partial charge in [-0.2, -0.15) is 10.4 Å². The van der Waals surface area contributed by atoms with Crippen molar-refractivity contribution in [2.45, 2.75) is 49.1 Å². The van der Waals surface area contributed by atoms with Crippen LogP contribution < -0.4 is 5.73 Å². The third-order valence-corrected chi connectivity index (χ3v) is 6.19. The largest absolute Gasteiger partial charge is 0.322 e. The van der Waals surface area contributed by atoms with Crippen LogP contribution >= 0.6 is 0 Å². The van der Waals surface area contributed by atoms with Crippen LogP contribution in [0.15, 0.2) is 30.5 Å². The van der Waals surface area contributed by atoms with Gasteiger partial charge in [-0.25, -0.2) is 13.2 Å². The molecule has 148 valence electrons. The molecule has 0 bridgehead atoms. The van der Waals surface area contributed by atoms with Crippen molar-refractivity contribution < 1.29 is 13.2 Å². The summed E-state index contributed by atoms with van der Waals surface area (Å²) in [6.45, 7) is 0.362. The van der Waals surface area contributed by atoms with Gasteiger partial charge in [-0.05, 0) is 36.5 Å². The molecule has 1 aliphatic heterocycles. The van der Waals surface area contributed by atoms with E-state index in [-0.39, 0.29) is 43.2 Å². The summed E-state index contributed by atoms with van der Waals surface area (Å²) in [4.78, 5) is 2.02. The average Bonchev–Trinajstić information content (AvgIpc) is 3.31. The first-order valence-electron chi connectivity index (χ1n) is 9.45. The molecule has 1 aromatic carbocycles. The Morgan fingerprint density at radius 1 is 1.25 bits per heavy atom. The Morgan fingerprint density at radius 3 is 2.68 bits per heavy atom. The molecular weight excluding hydrogens is 367 g/mol. The van der Waals surface area contributed by atoms with Crippen molar-refractivity contribution in [3.8, 4) is 6.07 Å². The third kappa shape index (κ3) is 3.40. The summed E-state index contributed by atoms with van der Waals surface area (Å²) < 4.78 is 41.1. The van der Waals surface area contributed by atoms with Gasteiger partial charge in [0, 0.05) is 37.7 Å². The summed E-state index contributed by atoms with van der Waals surface area (Å²) >= 11 is 0. The highest BCUT2D eigenvalue weighted by molar-refractivity contribution is 5.36. The number of H-pyrrole nitrogens is 1. The zero-order chi connectivity index (χ0) is 19.9. The van der Waals surface area contributed by atoms with Crippen molar-refractivity contribution in [3.63, 3.8) is 0 Å². The predicted molar refractivity (Wildman–Crippen MR) is 97.3 cm³/mol. The van der Waals surface area contributed by atoms with E-state index in [0.717, 1.165) is 18.4 Å². The molecule has 0 radical (unpaired) electrons. The number of nitrogens with one attached hydrogen (secondary N) is 1. The lowest BCUT2D eigenvalue weighted by Crippen LogP contribution is -2.57. The lowest BCUT2D eigenvalue weighted by molar-refractivity contribution is -0.0806. The quantitative estimate of drug-likeness (QED) is 0.845. The van der Waals surface area contributed by atoms with Crippen molar-refractivity contribution in [1.82, 2.24) is 15.1 Å². The summed E-state index contributed by atoms with van der Waals surface area (Å²) in [5.74, 6) is -3.09. The minimum atomic E-state index is -2.86. The molecule has 2 heterocycles. The summed E-state index contributed by atoms with van der Waals surface area (Å²) in [5.41, 5.74) is 7.90. The first-order chi connectivity index (χ1) is 13.4. The number of aromatic amines is 1. The molecule has 1 saturated carbocycles. The standard InChI is InChI=1S/C20H22F3N5/c21-15-3-1-12(2-4-15)13-7-16(19-14(9-24)10-26-27-19)17(8-13)28-6-5-20(22,23)18(25)11-28/h1-4,10,13,16-18H,5-8,11,25H2,(H,26,27). The molecule has 2 aliphatic rings. The maximum absolute atomic E-state index is 13.9. The molecule has 1 saturated heterocycles. The van der Waals surface area contributed by atoms with Crippen molar-refractivity contribution in [1.29, 1.82) is 5.26 Å². The van der Waals surface area contributed by atoms with Gasteiger partial charge in [0.05, 0.1) is 17.3 Å². The fourth-order valence-electron chi connectivity index (χ4n) is 4.65. The SMILES string of the molecule is N#Cc1c[nH]nc1C1CC(c2ccc(F)cc2)CC1N1CCC(F)(F)C(N)C1. The second kappa shape index (κ2) is 7.22. The Labute approximate surface area is 161 Å². The number of nitrogens with zero attached hydrogens (tertiary/aromatic N) is 3. The number of aromatic nitrogens is 2. The van der Waals surface area contributed by atoms with E-state index in [1.807, 2.05) is 4.90 Å². The van der Waals surface area contributed by atoms with Crippen LogP contribution in [0, 0.1) is 17.1 Å². The van der Waals surface area contributed by atoms with Gasteiger partial charge in [0.2, 0.25) is 0 Å². The molecule has 0 amide bonds. The highest BCUT2D eigenvalue weighted by Gasteiger charge is 2.47. The number of nitrogens with two attached hydrogens (primary N) is 1. The second-order valence-electron chi connectivity index (χ2n) is 7.80. The minimum absolute atomic E-state index is 0.0485. The van der Waals surface area contributed by atoms with E-state index >= 15 is 0 Å². The molecule has 0 spiro atoms. The van der Waals surface area contributed by atoms with Crippen LogP contribution in [0.2, 0.25) is 0 Å². The zero-order valence-corrected chi connectivity index (χ0v) is 15.3. The van der Waals surface area contributed by atoms with E-state index in [2.05, 4.69) is 16.3 Å². The fourth-order valence-corrected chi connectivity index (χ4v) is 4.65. The Kier molecular flexibility index (Phi) is 4.89. The molecule has 3 N–H and O–H groups in total. The molecule has 4 unspecified atom stereocenters. The lowest BCUT2D eigenvalue weighted by Gasteiger charge is -2.41. The number of rotatable bonds is 3. The Balaban J connectivity index is 1.63. The van der Waals surface area contributed by atoms with Gasteiger partial charge in [-0.1, -0.05) is 12.1 Å². The molecule has 5 nitrogen and oxygen atoms in total. The van der Waals surface area contributed by atoms with Gasteiger partial charge < -0.3 is 5.73 Å². The highest BCUT2D eigenvalue weighted by Crippen LogP contribution is 2.47. The molecule has 4 atom stereocenters. The fraction of sp³-hybridized carbons (Fsp3) is 0.500. The Bertz CT molecular complexity index is 873. The van der Waals surface area contributed by atoms with Gasteiger partial charge in [0.1, 0.15) is 11.9 Å². The predicted octanol–water partition coefficient (Wildman–Crippen LogP) is 3.12. The number of piperidine rings is 1. The first kappa shape index (κ1) is 19.0. The molecule has 4 rings (SSSR count). The van der Waals surface area contributed by atoms with E-state index in [1.165, 1.54) is 12.1 Å². The van der Waals surface area contributed by atoms with Crippen molar-refractivity contribution in [2.24, 2.45) is 5.73 Å². The Morgan fingerprint density at radius 2 is 2.00 bits per heavy atom. The number of nitriles is 1. The highest BCUT2D eigenvalue weighted by atomic mass is 19.3. The molecule has 1 aromatic heterocycles. The molecule has 1 aliphatic carbocycles. The van der Waals surface area contributed by atoms with E-state index < -0.39 is 12.0 Å². The normalized spacial score (nSPS) is 30.2. The maximum atomic E-state index is 13.9. The number of benzene rings is 1. The summed E-state index contributed by atoms with van der Waals surface area (Å²) in [6.07, 6.45) is 2.74. The first-order valence-corrected chi connectivity index (χ1v) is 9.45. The second-order valence-corrected chi connectivity index (χ2v) is 7.80. The summed E-state index contributed by atoms with van der Waals surface area (Å²) in [5, 5.41) is 16.4. The smallest absolute Gasteiger partial charge is 0.265 e. The van der Waals surface area contributed by atoms with E-state index in [0.29, 0.717) is 11.3 Å². The Hall–Kier alpha value is -2.37. The van der Waals surface area contributed by atoms with Gasteiger partial charge in [-0.15, -0.1) is 0 Å². The van der Waals surface area contributed by atoms with Crippen molar-refractivity contribution in [2.75, 3.05) is 13.1 Å². The van der Waals surface area contributed by atoms with E-state index in [1.54, 1.807) is 18.3 Å². The van der Waals surface area contributed by atoms with Gasteiger partial charge >= 0.3 is 0 Å². The number of hydrogen-bond donors (Lipinski definition) is 2. The van der Waals surface area contributed by atoms with Crippen LogP contribution in [-0.4, -0.2) is 46.2 Å². The van der Waals surface area contributed by atoms with Crippen molar-refractivity contribution in [3.05, 3.63) is 53.1 Å². The van der Waals surface area contributed by atoms with Crippen LogP contribution in [0.5, 0.6) is 0 Å². The molecular formula is C20H22F3N5. The number of alkyl halides is 2. The van der Waals surface area contributed by atoms with Crippen LogP contribution in [0.25, 0.3) is 0 Å². The van der Waals surface area contributed by atoms with Crippen LogP contribution in [-0.2, 0) is 0 Å². The maximum Gasteiger partial charge on any atom is 0.265 e. The summed E-state index contributed by atoms with van der Waals surface area (Å²) in [7, 11) is 0. The van der Waals surface area contributed by atoms with Crippen molar-refractivity contribution >= 4 is 0 Å². The topological polar surface area (TPSA) is 81.7 Å². The van der Waals surface area contributed by atoms with Gasteiger partial charge in [0.25, 0.3) is 5.92 Å². The number of hydrogen-bond acceptors (Lipinski definition) is 4. The van der Waals surface area contributed by atoms with E-state index in [4.69, 9.17) is 5.73 Å². The van der Waals surface area contributed by atoms with Crippen LogP contribution in [0.1, 0.15) is 47.9 Å². The molecule has 28 heavy (non-hydrogen) atoms. The number of halogens is 3. The minimum Gasteiger partial charge on any atom is -0.322 e. The summed E-state index contributed by atoms with van der Waals surface area (Å²) in [6, 6.07) is 7.31. The van der Waals surface area contributed by atoms with Crippen LogP contribution in [0.3, 0.4) is 0 Å². The van der Waals surface area contributed by atoms with E-state index in [9.17, 15) is 18.4 Å². The van der Waals surface area contributed by atoms with Gasteiger partial charge in [0.15, 0.2) is 0 Å². The molecule has 2 fully saturated rings. The van der Waals surface area contributed by atoms with Crippen LogP contribution in [0.4, 0.5) is 13.2 Å². The molecule has 8 heteroatoms. The number of likely N-dealkylation sites (tertiary alicyclic amines) is 1. The third-order valence-electron chi connectivity index (χ3n) is 6.19. The van der Waals surface area contributed by atoms with Gasteiger partial charge in [-0.3, -0.25) is 10.00 Å². The zero-order valence-electron chi connectivity index (χ0n) is 15.3. The average molecular weight is 389 g/mol. The monoisotopic (exact) mass is 389 g/mol. The lowest BCUT2D eigenvalue weighted by atomic mass is 9.92. The molecule has 2 aromatic rings.